The Morgan fingerprint density at radius 3 is 2.20 bits per heavy atom. The normalized spacial score (nSPS) is 11.2. The van der Waals surface area contributed by atoms with E-state index in [9.17, 15) is 17.6 Å². The maximum Gasteiger partial charge on any atom is 0.421 e. The van der Waals surface area contributed by atoms with Crippen LogP contribution in [0, 0.1) is 5.82 Å². The molecule has 30 heavy (non-hydrogen) atoms. The number of hydrogen-bond acceptors (Lipinski definition) is 5. The van der Waals surface area contributed by atoms with Crippen LogP contribution in [-0.2, 0) is 6.18 Å². The van der Waals surface area contributed by atoms with E-state index < -0.39 is 23.4 Å². The number of alkyl halides is 3. The lowest BCUT2D eigenvalue weighted by atomic mass is 10.2. The number of ether oxygens (including phenoxy) is 1. The number of hydrogen-bond donors (Lipinski definition) is 2. The first-order valence-electron chi connectivity index (χ1n) is 9.32. The van der Waals surface area contributed by atoms with E-state index in [2.05, 4.69) is 27.5 Å². The van der Waals surface area contributed by atoms with Crippen molar-refractivity contribution in [2.45, 2.75) is 25.9 Å². The molecule has 2 aromatic carbocycles. The van der Waals surface area contributed by atoms with Gasteiger partial charge in [0.2, 0.25) is 5.95 Å². The molecule has 0 saturated carbocycles. The second kappa shape index (κ2) is 9.43. The monoisotopic (exact) mass is 420 g/mol. The molecular weight excluding hydrogens is 400 g/mol. The van der Waals surface area contributed by atoms with Crippen molar-refractivity contribution in [2.75, 3.05) is 17.2 Å². The highest BCUT2D eigenvalue weighted by atomic mass is 19.4. The van der Waals surface area contributed by atoms with Gasteiger partial charge in [-0.05, 0) is 55.0 Å². The number of halogens is 4. The number of nitrogens with zero attached hydrogens (tertiary/aromatic N) is 2. The fourth-order valence-corrected chi connectivity index (χ4v) is 2.51. The van der Waals surface area contributed by atoms with Crippen LogP contribution in [0.2, 0.25) is 0 Å². The fourth-order valence-electron chi connectivity index (χ4n) is 2.51. The number of rotatable bonds is 8. The predicted octanol–water partition coefficient (Wildman–Crippen LogP) is 6.30. The molecule has 158 valence electrons. The average Bonchev–Trinajstić information content (AvgIpc) is 2.70. The summed E-state index contributed by atoms with van der Waals surface area (Å²) in [5.41, 5.74) is -0.178. The highest BCUT2D eigenvalue weighted by molar-refractivity contribution is 5.63. The molecule has 3 aromatic rings. The third-order valence-electron chi connectivity index (χ3n) is 4.08. The van der Waals surface area contributed by atoms with Crippen LogP contribution in [0.5, 0.6) is 5.75 Å². The number of nitrogens with one attached hydrogen (secondary N) is 2. The number of unbranched alkanes of at least 4 members (excludes halogenated alkanes) is 1. The summed E-state index contributed by atoms with van der Waals surface area (Å²) >= 11 is 0. The summed E-state index contributed by atoms with van der Waals surface area (Å²) in [6, 6.07) is 11.9. The van der Waals surface area contributed by atoms with Gasteiger partial charge in [-0.25, -0.2) is 9.37 Å². The van der Waals surface area contributed by atoms with Gasteiger partial charge >= 0.3 is 6.18 Å². The van der Waals surface area contributed by atoms with Gasteiger partial charge in [-0.2, -0.15) is 18.2 Å². The SMILES string of the molecule is CCCCOc1ccc(Nc2ncc(C(F)(F)F)c(Nc3ccc(F)cc3)n2)cc1. The molecule has 1 heterocycles. The van der Waals surface area contributed by atoms with Gasteiger partial charge in [0, 0.05) is 17.6 Å². The summed E-state index contributed by atoms with van der Waals surface area (Å²) < 4.78 is 58.6. The van der Waals surface area contributed by atoms with Crippen LogP contribution in [0.25, 0.3) is 0 Å². The molecule has 0 saturated heterocycles. The molecule has 9 heteroatoms. The molecule has 0 aliphatic carbocycles. The molecular formula is C21H20F4N4O. The van der Waals surface area contributed by atoms with E-state index in [1.54, 1.807) is 24.3 Å². The molecule has 0 spiro atoms. The van der Waals surface area contributed by atoms with Gasteiger partial charge in [-0.3, -0.25) is 0 Å². The predicted molar refractivity (Wildman–Crippen MR) is 107 cm³/mol. The third kappa shape index (κ3) is 5.82. The minimum atomic E-state index is -4.65. The third-order valence-corrected chi connectivity index (χ3v) is 4.08. The molecule has 5 nitrogen and oxygen atoms in total. The number of benzene rings is 2. The van der Waals surface area contributed by atoms with Gasteiger partial charge in [0.1, 0.15) is 22.9 Å². The minimum Gasteiger partial charge on any atom is -0.494 e. The minimum absolute atomic E-state index is 0.0211. The van der Waals surface area contributed by atoms with E-state index in [4.69, 9.17) is 4.74 Å². The zero-order chi connectivity index (χ0) is 21.6. The quantitative estimate of drug-likeness (QED) is 0.331. The fraction of sp³-hybridized carbons (Fsp3) is 0.238. The molecule has 0 bridgehead atoms. The molecule has 0 radical (unpaired) electrons. The van der Waals surface area contributed by atoms with Crippen molar-refractivity contribution in [3.8, 4) is 5.75 Å². The zero-order valence-corrected chi connectivity index (χ0v) is 16.1. The first-order valence-corrected chi connectivity index (χ1v) is 9.32. The van der Waals surface area contributed by atoms with Gasteiger partial charge in [0.25, 0.3) is 0 Å². The van der Waals surface area contributed by atoms with Crippen molar-refractivity contribution in [1.82, 2.24) is 9.97 Å². The standard InChI is InChI=1S/C21H20F4N4O/c1-2-3-12-30-17-10-8-16(9-11-17)28-20-26-13-18(21(23,24)25)19(29-20)27-15-6-4-14(22)5-7-15/h4-11,13H,2-3,12H2,1H3,(H2,26,27,28,29). The molecule has 2 N–H and O–H groups in total. The Labute approximate surface area is 171 Å². The lowest BCUT2D eigenvalue weighted by Crippen LogP contribution is -2.12. The van der Waals surface area contributed by atoms with Gasteiger partial charge in [-0.1, -0.05) is 13.3 Å². The number of aromatic nitrogens is 2. The van der Waals surface area contributed by atoms with Crippen molar-refractivity contribution < 1.29 is 22.3 Å². The second-order valence-corrected chi connectivity index (χ2v) is 6.44. The summed E-state index contributed by atoms with van der Waals surface area (Å²) in [5, 5.41) is 5.44. The Hall–Kier alpha value is -3.36. The molecule has 0 fully saturated rings. The molecule has 0 aliphatic rings. The molecule has 1 aromatic heterocycles. The van der Waals surface area contributed by atoms with Crippen molar-refractivity contribution in [3.63, 3.8) is 0 Å². The van der Waals surface area contributed by atoms with E-state index in [0.29, 0.717) is 24.2 Å². The second-order valence-electron chi connectivity index (χ2n) is 6.44. The zero-order valence-electron chi connectivity index (χ0n) is 16.1. The lowest BCUT2D eigenvalue weighted by Gasteiger charge is -2.15. The van der Waals surface area contributed by atoms with Crippen molar-refractivity contribution in [2.24, 2.45) is 0 Å². The first kappa shape index (κ1) is 21.4. The van der Waals surface area contributed by atoms with E-state index >= 15 is 0 Å². The van der Waals surface area contributed by atoms with Gasteiger partial charge in [0.15, 0.2) is 0 Å². The van der Waals surface area contributed by atoms with Gasteiger partial charge in [-0.15, -0.1) is 0 Å². The first-order chi connectivity index (χ1) is 14.3. The van der Waals surface area contributed by atoms with Crippen LogP contribution in [-0.4, -0.2) is 16.6 Å². The topological polar surface area (TPSA) is 59.1 Å². The summed E-state index contributed by atoms with van der Waals surface area (Å²) in [4.78, 5) is 7.72. The maximum atomic E-state index is 13.3. The van der Waals surface area contributed by atoms with Gasteiger partial charge in [0.05, 0.1) is 6.61 Å². The van der Waals surface area contributed by atoms with Crippen molar-refractivity contribution in [1.29, 1.82) is 0 Å². The molecule has 0 aliphatic heterocycles. The molecule has 3 rings (SSSR count). The van der Waals surface area contributed by atoms with Crippen LogP contribution < -0.4 is 15.4 Å². The van der Waals surface area contributed by atoms with E-state index in [1.165, 1.54) is 12.1 Å². The molecule has 0 unspecified atom stereocenters. The highest BCUT2D eigenvalue weighted by Gasteiger charge is 2.35. The maximum absolute atomic E-state index is 13.3. The summed E-state index contributed by atoms with van der Waals surface area (Å²) in [7, 11) is 0. The Morgan fingerprint density at radius 1 is 0.933 bits per heavy atom. The average molecular weight is 420 g/mol. The van der Waals surface area contributed by atoms with Crippen molar-refractivity contribution in [3.05, 3.63) is 66.1 Å². The van der Waals surface area contributed by atoms with Crippen LogP contribution in [0.3, 0.4) is 0 Å². The van der Waals surface area contributed by atoms with E-state index in [0.717, 1.165) is 25.0 Å². The summed E-state index contributed by atoms with van der Waals surface area (Å²) in [6.45, 7) is 2.68. The van der Waals surface area contributed by atoms with Crippen molar-refractivity contribution >= 4 is 23.1 Å². The Kier molecular flexibility index (Phi) is 6.71. The van der Waals surface area contributed by atoms with E-state index in [1.807, 2.05) is 0 Å². The Bertz CT molecular complexity index is 960. The lowest BCUT2D eigenvalue weighted by molar-refractivity contribution is -0.137. The van der Waals surface area contributed by atoms with Crippen LogP contribution in [0.4, 0.5) is 40.7 Å². The number of anilines is 4. The summed E-state index contributed by atoms with van der Waals surface area (Å²) in [6.07, 6.45) is -1.98. The Balaban J connectivity index is 1.79. The Morgan fingerprint density at radius 2 is 1.57 bits per heavy atom. The van der Waals surface area contributed by atoms with Crippen LogP contribution in [0.15, 0.2) is 54.7 Å². The van der Waals surface area contributed by atoms with Gasteiger partial charge < -0.3 is 15.4 Å². The smallest absolute Gasteiger partial charge is 0.421 e. The largest absolute Gasteiger partial charge is 0.494 e. The van der Waals surface area contributed by atoms with Crippen LogP contribution in [0.1, 0.15) is 25.3 Å². The van der Waals surface area contributed by atoms with Crippen LogP contribution >= 0.6 is 0 Å². The summed E-state index contributed by atoms with van der Waals surface area (Å²) in [5.74, 6) is -0.261. The molecule has 0 atom stereocenters. The highest BCUT2D eigenvalue weighted by Crippen LogP contribution is 2.35. The molecule has 0 amide bonds. The van der Waals surface area contributed by atoms with E-state index in [-0.39, 0.29) is 11.6 Å².